The minimum atomic E-state index is -0.396. The van der Waals surface area contributed by atoms with Crippen LogP contribution < -0.4 is 10.7 Å². The number of benzene rings is 3. The average molecular weight is 532 g/mol. The Kier molecular flexibility index (Phi) is 7.12. The van der Waals surface area contributed by atoms with Gasteiger partial charge in [-0.2, -0.15) is 5.10 Å². The molecule has 0 saturated carbocycles. The summed E-state index contributed by atoms with van der Waals surface area (Å²) < 4.78 is 5.94. The Morgan fingerprint density at radius 3 is 2.32 bits per heavy atom. The summed E-state index contributed by atoms with van der Waals surface area (Å²) in [5.41, 5.74) is 7.92. The molecule has 0 unspecified atom stereocenters. The van der Waals surface area contributed by atoms with Crippen molar-refractivity contribution < 1.29 is 14.0 Å². The predicted molar refractivity (Wildman–Crippen MR) is 147 cm³/mol. The molecule has 5 rings (SSSR count). The van der Waals surface area contributed by atoms with Gasteiger partial charge in [0.2, 0.25) is 0 Å². The highest BCUT2D eigenvalue weighted by molar-refractivity contribution is 6.42. The van der Waals surface area contributed by atoms with Gasteiger partial charge in [-0.3, -0.25) is 9.59 Å². The average Bonchev–Trinajstić information content (AvgIpc) is 3.27. The molecule has 0 spiro atoms. The van der Waals surface area contributed by atoms with E-state index in [0.29, 0.717) is 51.2 Å². The monoisotopic (exact) mass is 531 g/mol. The molecule has 0 atom stereocenters. The van der Waals surface area contributed by atoms with E-state index in [1.165, 1.54) is 0 Å². The molecule has 2 amide bonds. The molecule has 4 aromatic rings. The highest BCUT2D eigenvalue weighted by Crippen LogP contribution is 2.31. The number of carbonyl (C=O) groups excluding carboxylic acids is 2. The molecule has 1 aliphatic rings. The lowest BCUT2D eigenvalue weighted by molar-refractivity contribution is 0.0953. The number of hydrogen-bond acceptors (Lipinski definition) is 4. The summed E-state index contributed by atoms with van der Waals surface area (Å²) in [5, 5.41) is 7.95. The second-order valence-corrected chi connectivity index (χ2v) is 9.55. The third-order valence-electron chi connectivity index (χ3n) is 6.26. The molecule has 3 aromatic carbocycles. The summed E-state index contributed by atoms with van der Waals surface area (Å²) in [4.78, 5) is 25.7. The SMILES string of the molecule is Cc1c(C(=O)Nc2ccc(Cl)c(Cl)c2)oc2c1/C(=N/NC(=O)c1ccc(-c3ccccc3)cc1)CCC2. The van der Waals surface area contributed by atoms with Crippen molar-refractivity contribution in [3.05, 3.63) is 111 Å². The molecular weight excluding hydrogens is 509 g/mol. The Bertz CT molecular complexity index is 1510. The molecule has 1 heterocycles. The fraction of sp³-hybridized carbons (Fsp3) is 0.138. The molecule has 8 heteroatoms. The van der Waals surface area contributed by atoms with Crippen molar-refractivity contribution in [2.45, 2.75) is 26.2 Å². The number of fused-ring (bicyclic) bond motifs is 1. The van der Waals surface area contributed by atoms with Crippen LogP contribution in [0.1, 0.15) is 50.6 Å². The van der Waals surface area contributed by atoms with Crippen LogP contribution in [-0.2, 0) is 6.42 Å². The van der Waals surface area contributed by atoms with E-state index >= 15 is 0 Å². The van der Waals surface area contributed by atoms with Gasteiger partial charge in [-0.25, -0.2) is 5.43 Å². The first-order valence-electron chi connectivity index (χ1n) is 11.8. The van der Waals surface area contributed by atoms with E-state index < -0.39 is 5.91 Å². The Hall–Kier alpha value is -3.87. The highest BCUT2D eigenvalue weighted by atomic mass is 35.5. The van der Waals surface area contributed by atoms with Gasteiger partial charge in [-0.15, -0.1) is 0 Å². The topological polar surface area (TPSA) is 83.7 Å². The lowest BCUT2D eigenvalue weighted by atomic mass is 9.93. The molecule has 0 fully saturated rings. The van der Waals surface area contributed by atoms with Gasteiger partial charge in [0.15, 0.2) is 5.76 Å². The molecule has 1 aliphatic carbocycles. The van der Waals surface area contributed by atoms with Crippen molar-refractivity contribution in [1.82, 2.24) is 5.43 Å². The van der Waals surface area contributed by atoms with E-state index in [9.17, 15) is 9.59 Å². The van der Waals surface area contributed by atoms with Crippen LogP contribution in [0.3, 0.4) is 0 Å². The van der Waals surface area contributed by atoms with Crippen molar-refractivity contribution >= 4 is 46.4 Å². The molecule has 1 aromatic heterocycles. The molecule has 0 radical (unpaired) electrons. The number of carbonyl (C=O) groups is 2. The molecule has 2 N–H and O–H groups in total. The molecule has 186 valence electrons. The first-order valence-corrected chi connectivity index (χ1v) is 12.6. The zero-order valence-corrected chi connectivity index (χ0v) is 21.5. The molecule has 0 saturated heterocycles. The van der Waals surface area contributed by atoms with Gasteiger partial charge >= 0.3 is 0 Å². The number of rotatable bonds is 5. The zero-order valence-electron chi connectivity index (χ0n) is 20.0. The van der Waals surface area contributed by atoms with Gasteiger partial charge in [0.1, 0.15) is 5.76 Å². The first kappa shape index (κ1) is 24.8. The zero-order chi connectivity index (χ0) is 25.9. The fourth-order valence-corrected chi connectivity index (χ4v) is 4.68. The van der Waals surface area contributed by atoms with Crippen molar-refractivity contribution in [2.75, 3.05) is 5.32 Å². The Balaban J connectivity index is 1.32. The summed E-state index contributed by atoms with van der Waals surface area (Å²) in [5.74, 6) is 0.182. The van der Waals surface area contributed by atoms with Crippen molar-refractivity contribution in [3.8, 4) is 11.1 Å². The van der Waals surface area contributed by atoms with Crippen molar-refractivity contribution in [2.24, 2.45) is 5.10 Å². The summed E-state index contributed by atoms with van der Waals surface area (Å²) in [6, 6.07) is 22.2. The number of hydrazone groups is 1. The van der Waals surface area contributed by atoms with Crippen LogP contribution in [0.25, 0.3) is 11.1 Å². The van der Waals surface area contributed by atoms with E-state index in [1.807, 2.05) is 49.4 Å². The van der Waals surface area contributed by atoms with Crippen molar-refractivity contribution in [3.63, 3.8) is 0 Å². The minimum Gasteiger partial charge on any atom is -0.455 e. The number of halogens is 2. The normalized spacial score (nSPS) is 13.8. The van der Waals surface area contributed by atoms with E-state index in [1.54, 1.807) is 30.3 Å². The van der Waals surface area contributed by atoms with Gasteiger partial charge in [-0.05, 0) is 61.2 Å². The van der Waals surface area contributed by atoms with Gasteiger partial charge in [-0.1, -0.05) is 65.7 Å². The Morgan fingerprint density at radius 1 is 0.865 bits per heavy atom. The van der Waals surface area contributed by atoms with E-state index in [0.717, 1.165) is 23.1 Å². The van der Waals surface area contributed by atoms with Crippen LogP contribution >= 0.6 is 23.2 Å². The maximum atomic E-state index is 12.9. The number of furan rings is 1. The molecule has 0 aliphatic heterocycles. The number of nitrogens with zero attached hydrogens (tertiary/aromatic N) is 1. The van der Waals surface area contributed by atoms with Gasteiger partial charge in [0.05, 0.1) is 15.8 Å². The number of anilines is 1. The molecule has 37 heavy (non-hydrogen) atoms. The summed E-state index contributed by atoms with van der Waals surface area (Å²) in [6.45, 7) is 1.82. The van der Waals surface area contributed by atoms with Crippen LogP contribution in [0.2, 0.25) is 10.0 Å². The third kappa shape index (κ3) is 5.31. The molecule has 0 bridgehead atoms. The fourth-order valence-electron chi connectivity index (χ4n) is 4.39. The Labute approximate surface area is 224 Å². The first-order chi connectivity index (χ1) is 17.9. The van der Waals surface area contributed by atoms with Crippen LogP contribution in [0.15, 0.2) is 82.3 Å². The number of aryl methyl sites for hydroxylation is 1. The summed E-state index contributed by atoms with van der Waals surface area (Å²) in [7, 11) is 0. The van der Waals surface area contributed by atoms with Gasteiger partial charge in [0.25, 0.3) is 11.8 Å². The maximum Gasteiger partial charge on any atom is 0.291 e. The van der Waals surface area contributed by atoms with Crippen LogP contribution in [0.5, 0.6) is 0 Å². The summed E-state index contributed by atoms with van der Waals surface area (Å²) in [6.07, 6.45) is 2.15. The largest absolute Gasteiger partial charge is 0.455 e. The van der Waals surface area contributed by atoms with E-state index in [-0.39, 0.29) is 11.7 Å². The van der Waals surface area contributed by atoms with Gasteiger partial charge in [0, 0.05) is 28.8 Å². The maximum absolute atomic E-state index is 12.9. The third-order valence-corrected chi connectivity index (χ3v) is 7.00. The number of hydrogen-bond donors (Lipinski definition) is 2. The molecular formula is C29H23Cl2N3O3. The Morgan fingerprint density at radius 2 is 1.59 bits per heavy atom. The molecule has 6 nitrogen and oxygen atoms in total. The van der Waals surface area contributed by atoms with Crippen LogP contribution in [-0.4, -0.2) is 17.5 Å². The lowest BCUT2D eigenvalue weighted by Gasteiger charge is -2.13. The number of nitrogens with one attached hydrogen (secondary N) is 2. The standard InChI is InChI=1S/C29H23Cl2N3O3/c1-17-26-24(33-34-28(35)20-12-10-19(11-13-20)18-6-3-2-4-7-18)8-5-9-25(26)37-27(17)29(36)32-21-14-15-22(30)23(31)16-21/h2-4,6-7,10-16H,5,8-9H2,1H3,(H,32,36)(H,34,35)/b33-24+. The second kappa shape index (κ2) is 10.6. The number of amides is 2. The van der Waals surface area contributed by atoms with Gasteiger partial charge < -0.3 is 9.73 Å². The van der Waals surface area contributed by atoms with Crippen molar-refractivity contribution in [1.29, 1.82) is 0 Å². The smallest absolute Gasteiger partial charge is 0.291 e. The quantitative estimate of drug-likeness (QED) is 0.265. The highest BCUT2D eigenvalue weighted by Gasteiger charge is 2.28. The van der Waals surface area contributed by atoms with E-state index in [4.69, 9.17) is 27.6 Å². The minimum absolute atomic E-state index is 0.202. The predicted octanol–water partition coefficient (Wildman–Crippen LogP) is 7.28. The second-order valence-electron chi connectivity index (χ2n) is 8.73. The van der Waals surface area contributed by atoms with E-state index in [2.05, 4.69) is 15.8 Å². The van der Waals surface area contributed by atoms with Crippen LogP contribution in [0, 0.1) is 6.92 Å². The summed E-state index contributed by atoms with van der Waals surface area (Å²) >= 11 is 12.0. The lowest BCUT2D eigenvalue weighted by Crippen LogP contribution is -2.22. The van der Waals surface area contributed by atoms with Crippen LogP contribution in [0.4, 0.5) is 5.69 Å².